The maximum absolute atomic E-state index is 12.4. The molecule has 2 aromatic rings. The van der Waals surface area contributed by atoms with Gasteiger partial charge >= 0.3 is 0 Å². The van der Waals surface area contributed by atoms with Crippen LogP contribution in [0.15, 0.2) is 31.0 Å². The number of aromatic nitrogens is 4. The number of aryl methyl sites for hydroxylation is 1. The molecule has 6 nitrogen and oxygen atoms in total. The first-order valence-electron chi connectivity index (χ1n) is 6.78. The topological polar surface area (TPSA) is 63.9 Å². The van der Waals surface area contributed by atoms with Crippen molar-refractivity contribution in [3.05, 3.63) is 42.2 Å². The number of rotatable bonds is 2. The van der Waals surface area contributed by atoms with Crippen molar-refractivity contribution in [3.63, 3.8) is 0 Å². The average Bonchev–Trinajstić information content (AvgIpc) is 2.94. The van der Waals surface area contributed by atoms with Gasteiger partial charge in [-0.25, -0.2) is 9.97 Å². The molecule has 6 heteroatoms. The van der Waals surface area contributed by atoms with Crippen LogP contribution in [-0.4, -0.2) is 43.6 Å². The van der Waals surface area contributed by atoms with E-state index in [9.17, 15) is 4.79 Å². The highest BCUT2D eigenvalue weighted by Gasteiger charge is 2.26. The Balaban J connectivity index is 1.74. The molecule has 1 atom stereocenters. The Morgan fingerprint density at radius 2 is 2.35 bits per heavy atom. The molecule has 0 aromatic carbocycles. The molecular weight excluding hydrogens is 254 g/mol. The number of hydrogen-bond donors (Lipinski definition) is 0. The van der Waals surface area contributed by atoms with E-state index in [0.717, 1.165) is 25.1 Å². The molecule has 0 unspecified atom stereocenters. The lowest BCUT2D eigenvalue weighted by molar-refractivity contribution is 0.0706. The van der Waals surface area contributed by atoms with Crippen molar-refractivity contribution in [3.8, 4) is 0 Å². The minimum atomic E-state index is 0.0526. The van der Waals surface area contributed by atoms with Gasteiger partial charge in [-0.05, 0) is 18.9 Å². The zero-order valence-corrected chi connectivity index (χ0v) is 11.4. The molecular formula is C14H17N5O. The molecule has 0 N–H and O–H groups in total. The number of hydrogen-bond acceptors (Lipinski definition) is 4. The summed E-state index contributed by atoms with van der Waals surface area (Å²) in [5.74, 6) is 0.351. The summed E-state index contributed by atoms with van der Waals surface area (Å²) in [6.45, 7) is 1.51. The van der Waals surface area contributed by atoms with Crippen LogP contribution in [-0.2, 0) is 7.05 Å². The fraction of sp³-hybridized carbons (Fsp3) is 0.429. The fourth-order valence-electron chi connectivity index (χ4n) is 2.66. The number of carbonyl (C=O) groups excluding carboxylic acids is 1. The Hall–Kier alpha value is -2.24. The predicted molar refractivity (Wildman–Crippen MR) is 73.1 cm³/mol. The summed E-state index contributed by atoms with van der Waals surface area (Å²) >= 11 is 0. The second kappa shape index (κ2) is 5.40. The van der Waals surface area contributed by atoms with Crippen molar-refractivity contribution in [1.29, 1.82) is 0 Å². The van der Waals surface area contributed by atoms with Gasteiger partial charge in [0.25, 0.3) is 5.91 Å². The molecule has 2 aromatic heterocycles. The van der Waals surface area contributed by atoms with E-state index in [2.05, 4.69) is 15.1 Å². The molecule has 104 valence electrons. The molecule has 1 saturated heterocycles. The van der Waals surface area contributed by atoms with Gasteiger partial charge in [-0.1, -0.05) is 0 Å². The molecule has 1 aliphatic rings. The van der Waals surface area contributed by atoms with E-state index in [4.69, 9.17) is 0 Å². The average molecular weight is 271 g/mol. The van der Waals surface area contributed by atoms with Crippen LogP contribution in [0.5, 0.6) is 0 Å². The van der Waals surface area contributed by atoms with E-state index in [1.54, 1.807) is 29.6 Å². The first-order valence-corrected chi connectivity index (χ1v) is 6.78. The Labute approximate surface area is 117 Å². The van der Waals surface area contributed by atoms with Crippen LogP contribution in [0.3, 0.4) is 0 Å². The van der Waals surface area contributed by atoms with Crippen LogP contribution in [0.4, 0.5) is 0 Å². The molecule has 3 heterocycles. The Kier molecular flexibility index (Phi) is 3.45. The summed E-state index contributed by atoms with van der Waals surface area (Å²) in [5.41, 5.74) is 1.67. The summed E-state index contributed by atoms with van der Waals surface area (Å²) in [4.78, 5) is 22.6. The summed E-state index contributed by atoms with van der Waals surface area (Å²) in [6, 6.07) is 1.93. The Morgan fingerprint density at radius 1 is 1.45 bits per heavy atom. The molecule has 3 rings (SSSR count). The zero-order valence-electron chi connectivity index (χ0n) is 11.4. The molecule has 1 amide bonds. The van der Waals surface area contributed by atoms with E-state index in [1.165, 1.54) is 0 Å². The van der Waals surface area contributed by atoms with Crippen molar-refractivity contribution >= 4 is 5.91 Å². The maximum atomic E-state index is 12.4. The van der Waals surface area contributed by atoms with Crippen molar-refractivity contribution in [2.24, 2.45) is 7.05 Å². The molecule has 0 spiro atoms. The Bertz CT molecular complexity index is 595. The van der Waals surface area contributed by atoms with Crippen molar-refractivity contribution in [2.75, 3.05) is 13.1 Å². The van der Waals surface area contributed by atoms with E-state index >= 15 is 0 Å². The van der Waals surface area contributed by atoms with Gasteiger partial charge in [0.2, 0.25) is 0 Å². The van der Waals surface area contributed by atoms with Gasteiger partial charge in [-0.3, -0.25) is 9.48 Å². The highest BCUT2D eigenvalue weighted by molar-refractivity contribution is 5.93. The van der Waals surface area contributed by atoms with Gasteiger partial charge in [0.05, 0.1) is 11.8 Å². The number of likely N-dealkylation sites (tertiary alicyclic amines) is 1. The maximum Gasteiger partial charge on any atom is 0.257 e. The third-order valence-electron chi connectivity index (χ3n) is 3.68. The largest absolute Gasteiger partial charge is 0.338 e. The molecule has 1 aliphatic heterocycles. The van der Waals surface area contributed by atoms with Gasteiger partial charge in [-0.15, -0.1) is 0 Å². The SMILES string of the molecule is Cn1cc(C(=O)N2CCC[C@H](c3ccncn3)C2)cn1. The van der Waals surface area contributed by atoms with E-state index < -0.39 is 0 Å². The molecule has 0 radical (unpaired) electrons. The van der Waals surface area contributed by atoms with Gasteiger partial charge in [0.15, 0.2) is 0 Å². The van der Waals surface area contributed by atoms with Crippen LogP contribution < -0.4 is 0 Å². The minimum Gasteiger partial charge on any atom is -0.338 e. The van der Waals surface area contributed by atoms with Gasteiger partial charge in [-0.2, -0.15) is 5.10 Å². The first-order chi connectivity index (χ1) is 9.74. The van der Waals surface area contributed by atoms with Crippen molar-refractivity contribution < 1.29 is 4.79 Å². The highest BCUT2D eigenvalue weighted by Crippen LogP contribution is 2.25. The number of piperidine rings is 1. The van der Waals surface area contributed by atoms with Crippen LogP contribution in [0.1, 0.15) is 34.8 Å². The standard InChI is InChI=1S/C14H17N5O/c1-18-8-12(7-17-18)14(20)19-6-2-3-11(9-19)13-4-5-15-10-16-13/h4-5,7-8,10-11H,2-3,6,9H2,1H3/t11-/m0/s1. The summed E-state index contributed by atoms with van der Waals surface area (Å²) in [6.07, 6.45) is 8.77. The number of nitrogens with zero attached hydrogens (tertiary/aromatic N) is 5. The molecule has 20 heavy (non-hydrogen) atoms. The van der Waals surface area contributed by atoms with Crippen molar-refractivity contribution in [1.82, 2.24) is 24.6 Å². The van der Waals surface area contributed by atoms with E-state index in [-0.39, 0.29) is 5.91 Å². The number of carbonyl (C=O) groups is 1. The molecule has 1 fully saturated rings. The van der Waals surface area contributed by atoms with Crippen LogP contribution in [0.2, 0.25) is 0 Å². The lowest BCUT2D eigenvalue weighted by Crippen LogP contribution is -2.39. The van der Waals surface area contributed by atoms with Crippen LogP contribution in [0, 0.1) is 0 Å². The zero-order chi connectivity index (χ0) is 13.9. The summed E-state index contributed by atoms with van der Waals surface area (Å²) < 4.78 is 1.65. The molecule has 0 bridgehead atoms. The Morgan fingerprint density at radius 3 is 3.05 bits per heavy atom. The third kappa shape index (κ3) is 2.54. The van der Waals surface area contributed by atoms with E-state index in [0.29, 0.717) is 18.0 Å². The summed E-state index contributed by atoms with van der Waals surface area (Å²) in [5, 5.41) is 4.06. The highest BCUT2D eigenvalue weighted by atomic mass is 16.2. The first kappa shape index (κ1) is 12.8. The molecule has 0 saturated carbocycles. The fourth-order valence-corrected chi connectivity index (χ4v) is 2.66. The minimum absolute atomic E-state index is 0.0526. The molecule has 0 aliphatic carbocycles. The number of amides is 1. The monoisotopic (exact) mass is 271 g/mol. The van der Waals surface area contributed by atoms with Gasteiger partial charge < -0.3 is 4.90 Å². The quantitative estimate of drug-likeness (QED) is 0.824. The van der Waals surface area contributed by atoms with Crippen molar-refractivity contribution in [2.45, 2.75) is 18.8 Å². The predicted octanol–water partition coefficient (Wildman–Crippen LogP) is 1.23. The van der Waals surface area contributed by atoms with Crippen LogP contribution >= 0.6 is 0 Å². The van der Waals surface area contributed by atoms with Gasteiger partial charge in [0.1, 0.15) is 6.33 Å². The third-order valence-corrected chi connectivity index (χ3v) is 3.68. The van der Waals surface area contributed by atoms with Gasteiger partial charge in [0, 0.05) is 44.1 Å². The second-order valence-electron chi connectivity index (χ2n) is 5.13. The van der Waals surface area contributed by atoms with Crippen LogP contribution in [0.25, 0.3) is 0 Å². The van der Waals surface area contributed by atoms with E-state index in [1.807, 2.05) is 18.0 Å². The second-order valence-corrected chi connectivity index (χ2v) is 5.13. The smallest absolute Gasteiger partial charge is 0.257 e. The summed E-state index contributed by atoms with van der Waals surface area (Å²) in [7, 11) is 1.82. The lowest BCUT2D eigenvalue weighted by Gasteiger charge is -2.32. The normalized spacial score (nSPS) is 19.1. The lowest BCUT2D eigenvalue weighted by atomic mass is 9.94.